The molecule has 1 aliphatic rings. The molecule has 12 N–H and O–H groups in total. The fourth-order valence-corrected chi connectivity index (χ4v) is 2.97. The van der Waals surface area contributed by atoms with Gasteiger partial charge in [-0.2, -0.15) is 0 Å². The Bertz CT molecular complexity index is 924. The fraction of sp³-hybridized carbons (Fsp3) is 0. The molecule has 0 saturated carbocycles. The molecule has 0 atom stereocenters. The van der Waals surface area contributed by atoms with Crippen molar-refractivity contribution in [1.82, 2.24) is 6.15 Å². The lowest BCUT2D eigenvalue weighted by Crippen LogP contribution is -2.21. The Morgan fingerprint density at radius 1 is 0.920 bits per heavy atom. The molecule has 138 valence electrons. The second-order valence-electron chi connectivity index (χ2n) is 4.54. The Morgan fingerprint density at radius 2 is 1.44 bits per heavy atom. The highest BCUT2D eigenvalue weighted by Gasteiger charge is 2.31. The fourth-order valence-electron chi connectivity index (χ4n) is 2.39. The van der Waals surface area contributed by atoms with Crippen molar-refractivity contribution in [3.05, 3.63) is 58.7 Å². The SMILES string of the molecule is N=C1c2ccccc2C(=O)c2ccc(S(=O)(=O)[O-])c(O)c21.O.O.O.[NH4+]. The van der Waals surface area contributed by atoms with Gasteiger partial charge in [-0.25, -0.2) is 8.42 Å². The number of hydrogen-bond donors (Lipinski definition) is 3. The summed E-state index contributed by atoms with van der Waals surface area (Å²) in [6.45, 7) is 0. The van der Waals surface area contributed by atoms with Crippen LogP contribution in [0.15, 0.2) is 41.3 Å². The average Bonchev–Trinajstić information content (AvgIpc) is 2.43. The van der Waals surface area contributed by atoms with Crippen LogP contribution < -0.4 is 6.15 Å². The number of aromatic hydroxyl groups is 1. The Hall–Kier alpha value is -2.67. The third-order valence-electron chi connectivity index (χ3n) is 3.35. The summed E-state index contributed by atoms with van der Waals surface area (Å²) in [5, 5.41) is 18.1. The van der Waals surface area contributed by atoms with Crippen LogP contribution in [0.25, 0.3) is 0 Å². The third kappa shape index (κ3) is 3.56. The predicted molar refractivity (Wildman–Crippen MR) is 88.7 cm³/mol. The lowest BCUT2D eigenvalue weighted by Gasteiger charge is -2.22. The highest BCUT2D eigenvalue weighted by Crippen LogP contribution is 2.36. The van der Waals surface area contributed by atoms with Crippen LogP contribution >= 0.6 is 0 Å². The monoisotopic (exact) mass is 374 g/mol. The first kappa shape index (κ1) is 24.6. The zero-order chi connectivity index (χ0) is 15.4. The van der Waals surface area contributed by atoms with Crippen LogP contribution in [-0.2, 0) is 10.1 Å². The minimum atomic E-state index is -4.89. The van der Waals surface area contributed by atoms with Crippen molar-refractivity contribution in [3.63, 3.8) is 0 Å². The number of nitrogens with one attached hydrogen (secondary N) is 1. The van der Waals surface area contributed by atoms with Crippen LogP contribution in [0.2, 0.25) is 0 Å². The zero-order valence-corrected chi connectivity index (χ0v) is 13.8. The molecule has 0 aliphatic heterocycles. The molecule has 0 aromatic heterocycles. The van der Waals surface area contributed by atoms with Gasteiger partial charge in [-0.15, -0.1) is 0 Å². The summed E-state index contributed by atoms with van der Waals surface area (Å²) in [6.07, 6.45) is 0. The molecule has 25 heavy (non-hydrogen) atoms. The number of phenols is 1. The first-order valence-electron chi connectivity index (χ1n) is 5.87. The first-order chi connectivity index (χ1) is 9.82. The number of benzene rings is 2. The van der Waals surface area contributed by atoms with Crippen molar-refractivity contribution in [3.8, 4) is 5.75 Å². The largest absolute Gasteiger partial charge is 0.744 e. The highest BCUT2D eigenvalue weighted by atomic mass is 32.2. The van der Waals surface area contributed by atoms with Crippen LogP contribution in [0.3, 0.4) is 0 Å². The van der Waals surface area contributed by atoms with Crippen LogP contribution in [0, 0.1) is 5.41 Å². The van der Waals surface area contributed by atoms with E-state index in [1.807, 2.05) is 0 Å². The lowest BCUT2D eigenvalue weighted by atomic mass is 9.83. The Labute approximate surface area is 142 Å². The number of phenolic OH excluding ortho intramolecular Hbond substituents is 1. The van der Waals surface area contributed by atoms with Gasteiger partial charge in [0.05, 0.1) is 16.2 Å². The van der Waals surface area contributed by atoms with Crippen LogP contribution in [0.5, 0.6) is 5.75 Å². The molecule has 2 aromatic carbocycles. The van der Waals surface area contributed by atoms with Crippen LogP contribution in [-0.4, -0.2) is 46.0 Å². The molecule has 0 heterocycles. The minimum Gasteiger partial charge on any atom is -0.744 e. The maximum Gasteiger partial charge on any atom is 0.194 e. The molecule has 11 heteroatoms. The number of fused-ring (bicyclic) bond motifs is 2. The number of carbonyl (C=O) groups is 1. The number of hydrogen-bond acceptors (Lipinski definition) is 6. The summed E-state index contributed by atoms with van der Waals surface area (Å²) in [5.41, 5.74) is 0.167. The van der Waals surface area contributed by atoms with Crippen molar-refractivity contribution in [2.75, 3.05) is 0 Å². The number of ketones is 1. The molecular formula is C14H18N2O8S. The van der Waals surface area contributed by atoms with E-state index in [0.717, 1.165) is 12.1 Å². The van der Waals surface area contributed by atoms with Gasteiger partial charge in [0.2, 0.25) is 0 Å². The molecule has 0 saturated heterocycles. The quantitative estimate of drug-likeness (QED) is 0.459. The molecule has 0 spiro atoms. The molecule has 0 radical (unpaired) electrons. The van der Waals surface area contributed by atoms with Crippen molar-refractivity contribution in [1.29, 1.82) is 5.41 Å². The minimum absolute atomic E-state index is 0. The van der Waals surface area contributed by atoms with Gasteiger partial charge in [0.1, 0.15) is 15.9 Å². The van der Waals surface area contributed by atoms with E-state index < -0.39 is 26.5 Å². The molecule has 0 unspecified atom stereocenters. The maximum absolute atomic E-state index is 12.3. The molecule has 0 amide bonds. The van der Waals surface area contributed by atoms with Gasteiger partial charge in [0, 0.05) is 16.7 Å². The second-order valence-corrected chi connectivity index (χ2v) is 5.89. The van der Waals surface area contributed by atoms with Gasteiger partial charge >= 0.3 is 0 Å². The van der Waals surface area contributed by atoms with Crippen molar-refractivity contribution in [2.45, 2.75) is 4.90 Å². The van der Waals surface area contributed by atoms with Gasteiger partial charge in [0.15, 0.2) is 5.78 Å². The van der Waals surface area contributed by atoms with E-state index in [1.165, 1.54) is 6.07 Å². The summed E-state index contributed by atoms with van der Waals surface area (Å²) in [4.78, 5) is 11.5. The lowest BCUT2D eigenvalue weighted by molar-refractivity contribution is 0.103. The van der Waals surface area contributed by atoms with Gasteiger partial charge in [-0.1, -0.05) is 24.3 Å². The molecule has 2 aromatic rings. The van der Waals surface area contributed by atoms with Crippen LogP contribution in [0.4, 0.5) is 0 Å². The van der Waals surface area contributed by atoms with E-state index in [1.54, 1.807) is 18.2 Å². The predicted octanol–water partition coefficient (Wildman–Crippen LogP) is -0.841. The Morgan fingerprint density at radius 3 is 1.96 bits per heavy atom. The van der Waals surface area contributed by atoms with Gasteiger partial charge in [0.25, 0.3) is 0 Å². The second kappa shape index (κ2) is 7.94. The van der Waals surface area contributed by atoms with E-state index in [-0.39, 0.29) is 45.0 Å². The molecular weight excluding hydrogens is 356 g/mol. The van der Waals surface area contributed by atoms with Crippen molar-refractivity contribution < 1.29 is 39.3 Å². The molecule has 1 aliphatic carbocycles. The summed E-state index contributed by atoms with van der Waals surface area (Å²) in [6, 6.07) is 8.37. The van der Waals surface area contributed by atoms with Gasteiger partial charge in [-0.3, -0.25) is 10.2 Å². The van der Waals surface area contributed by atoms with E-state index in [9.17, 15) is 22.9 Å². The topological polar surface area (TPSA) is 249 Å². The molecule has 0 bridgehead atoms. The van der Waals surface area contributed by atoms with Crippen LogP contribution in [0.1, 0.15) is 27.0 Å². The summed E-state index contributed by atoms with van der Waals surface area (Å²) in [7, 11) is -4.89. The zero-order valence-electron chi connectivity index (χ0n) is 13.0. The Balaban J connectivity index is 0. The van der Waals surface area contributed by atoms with E-state index in [2.05, 4.69) is 0 Å². The van der Waals surface area contributed by atoms with Gasteiger partial charge < -0.3 is 32.2 Å². The summed E-state index contributed by atoms with van der Waals surface area (Å²) >= 11 is 0. The first-order valence-corrected chi connectivity index (χ1v) is 7.28. The standard InChI is InChI=1S/C14H9NO5S.H3N.3H2O/c15-12-7-3-1-2-4-8(7)13(16)9-5-6-10(21(18,19)20)14(17)11(9)12;;;;/h1-6,15,17H,(H,18,19,20);1H3;3*1H2. The molecule has 3 rings (SSSR count). The van der Waals surface area contributed by atoms with E-state index >= 15 is 0 Å². The summed E-state index contributed by atoms with van der Waals surface area (Å²) in [5.74, 6) is -1.28. The number of quaternary nitrogens is 1. The summed E-state index contributed by atoms with van der Waals surface area (Å²) < 4.78 is 33.3. The van der Waals surface area contributed by atoms with Crippen molar-refractivity contribution >= 4 is 21.6 Å². The maximum atomic E-state index is 12.3. The van der Waals surface area contributed by atoms with E-state index in [4.69, 9.17) is 5.41 Å². The Kier molecular flexibility index (Phi) is 7.80. The average molecular weight is 374 g/mol. The normalized spacial score (nSPS) is 11.6. The third-order valence-corrected chi connectivity index (χ3v) is 4.21. The number of rotatable bonds is 1. The van der Waals surface area contributed by atoms with E-state index in [0.29, 0.717) is 5.56 Å². The molecule has 10 nitrogen and oxygen atoms in total. The number of carbonyl (C=O) groups excluding carboxylic acids is 1. The molecule has 0 fully saturated rings. The van der Waals surface area contributed by atoms with Gasteiger partial charge in [-0.05, 0) is 12.1 Å². The highest BCUT2D eigenvalue weighted by molar-refractivity contribution is 7.85. The van der Waals surface area contributed by atoms with Crippen molar-refractivity contribution in [2.24, 2.45) is 0 Å². The smallest absolute Gasteiger partial charge is 0.194 e.